The van der Waals surface area contributed by atoms with Crippen LogP contribution in [0.4, 0.5) is 0 Å². The molecule has 0 atom stereocenters. The second-order valence-electron chi connectivity index (χ2n) is 5.21. The smallest absolute Gasteiger partial charge is 0.125 e. The maximum absolute atomic E-state index is 5.64. The molecule has 0 aliphatic heterocycles. The summed E-state index contributed by atoms with van der Waals surface area (Å²) in [6.45, 7) is 6.43. The van der Waals surface area contributed by atoms with Crippen molar-refractivity contribution in [3.63, 3.8) is 0 Å². The highest BCUT2D eigenvalue weighted by Crippen LogP contribution is 2.45. The molecule has 0 amide bonds. The van der Waals surface area contributed by atoms with Crippen molar-refractivity contribution >= 4 is 11.3 Å². The number of nitrogens with one attached hydrogen (secondary N) is 1. The highest BCUT2D eigenvalue weighted by atomic mass is 32.1. The zero-order valence-electron chi connectivity index (χ0n) is 11.0. The maximum atomic E-state index is 5.64. The molecule has 1 heterocycles. The van der Waals surface area contributed by atoms with E-state index in [1.165, 1.54) is 11.3 Å². The summed E-state index contributed by atoms with van der Waals surface area (Å²) in [5.74, 6) is 0.694. The van der Waals surface area contributed by atoms with E-state index in [4.69, 9.17) is 4.74 Å². The van der Waals surface area contributed by atoms with Gasteiger partial charge in [-0.2, -0.15) is 0 Å². The summed E-state index contributed by atoms with van der Waals surface area (Å²) in [6.07, 6.45) is 5.49. The lowest BCUT2D eigenvalue weighted by Crippen LogP contribution is -2.35. The summed E-state index contributed by atoms with van der Waals surface area (Å²) in [4.78, 5) is 5.84. The second kappa shape index (κ2) is 5.46. The van der Waals surface area contributed by atoms with Gasteiger partial charge in [0.05, 0.1) is 0 Å². The average molecular weight is 254 g/mol. The maximum Gasteiger partial charge on any atom is 0.125 e. The van der Waals surface area contributed by atoms with E-state index in [-0.39, 0.29) is 5.60 Å². The van der Waals surface area contributed by atoms with Crippen LogP contribution in [0.1, 0.15) is 43.0 Å². The molecule has 96 valence electrons. The summed E-state index contributed by atoms with van der Waals surface area (Å²) in [5, 5.41) is 4.61. The zero-order valence-corrected chi connectivity index (χ0v) is 11.8. The van der Waals surface area contributed by atoms with Crippen LogP contribution in [-0.4, -0.2) is 18.6 Å². The van der Waals surface area contributed by atoms with Crippen LogP contribution in [0.5, 0.6) is 0 Å². The number of hydrogen-bond donors (Lipinski definition) is 1. The van der Waals surface area contributed by atoms with E-state index in [0.29, 0.717) is 5.92 Å². The Morgan fingerprint density at radius 1 is 1.53 bits per heavy atom. The van der Waals surface area contributed by atoms with Crippen LogP contribution in [0, 0.1) is 5.92 Å². The van der Waals surface area contributed by atoms with Gasteiger partial charge in [0.2, 0.25) is 0 Å². The normalized spacial score (nSPS) is 18.4. The number of aromatic nitrogens is 1. The molecule has 1 aromatic rings. The Kier molecular flexibility index (Phi) is 4.17. The van der Waals surface area contributed by atoms with Crippen LogP contribution in [0.3, 0.4) is 0 Å². The molecule has 17 heavy (non-hydrogen) atoms. The molecule has 1 fully saturated rings. The fourth-order valence-electron chi connectivity index (χ4n) is 2.09. The van der Waals surface area contributed by atoms with Gasteiger partial charge in [0.25, 0.3) is 0 Å². The van der Waals surface area contributed by atoms with Gasteiger partial charge in [0.15, 0.2) is 0 Å². The molecule has 1 aliphatic carbocycles. The predicted molar refractivity (Wildman–Crippen MR) is 71.2 cm³/mol. The molecule has 0 bridgehead atoms. The predicted octanol–water partition coefficient (Wildman–Crippen LogP) is 2.91. The topological polar surface area (TPSA) is 34.1 Å². The minimum Gasteiger partial charge on any atom is -0.371 e. The molecule has 1 saturated carbocycles. The third-order valence-corrected chi connectivity index (χ3v) is 4.53. The molecular formula is C13H22N2OS. The van der Waals surface area contributed by atoms with Gasteiger partial charge >= 0.3 is 0 Å². The monoisotopic (exact) mass is 254 g/mol. The number of methoxy groups -OCH3 is 1. The van der Waals surface area contributed by atoms with Crippen LogP contribution in [0.15, 0.2) is 6.20 Å². The van der Waals surface area contributed by atoms with E-state index in [1.54, 1.807) is 18.4 Å². The molecule has 4 heteroatoms. The summed E-state index contributed by atoms with van der Waals surface area (Å²) in [6, 6.07) is 0. The van der Waals surface area contributed by atoms with E-state index in [2.05, 4.69) is 24.1 Å². The number of nitrogens with zero attached hydrogens (tertiary/aromatic N) is 1. The zero-order chi connectivity index (χ0) is 12.3. The van der Waals surface area contributed by atoms with Crippen molar-refractivity contribution < 1.29 is 4.74 Å². The van der Waals surface area contributed by atoms with Gasteiger partial charge in [0.1, 0.15) is 10.6 Å². The van der Waals surface area contributed by atoms with Crippen LogP contribution >= 0.6 is 11.3 Å². The largest absolute Gasteiger partial charge is 0.371 e. The van der Waals surface area contributed by atoms with Gasteiger partial charge in [-0.1, -0.05) is 13.8 Å². The highest BCUT2D eigenvalue weighted by Gasteiger charge is 2.41. The molecule has 1 N–H and O–H groups in total. The Morgan fingerprint density at radius 2 is 2.29 bits per heavy atom. The first-order valence-corrected chi connectivity index (χ1v) is 7.19. The lowest BCUT2D eigenvalue weighted by molar-refractivity contribution is -0.0779. The van der Waals surface area contributed by atoms with Crippen LogP contribution < -0.4 is 5.32 Å². The van der Waals surface area contributed by atoms with E-state index in [0.717, 1.165) is 30.9 Å². The second-order valence-corrected chi connectivity index (χ2v) is 6.32. The van der Waals surface area contributed by atoms with Crippen molar-refractivity contribution in [2.24, 2.45) is 5.92 Å². The molecule has 0 unspecified atom stereocenters. The lowest BCUT2D eigenvalue weighted by Gasteiger charge is -2.38. The van der Waals surface area contributed by atoms with Gasteiger partial charge in [-0.15, -0.1) is 11.3 Å². The highest BCUT2D eigenvalue weighted by molar-refractivity contribution is 7.11. The fourth-order valence-corrected chi connectivity index (χ4v) is 3.19. The van der Waals surface area contributed by atoms with Crippen molar-refractivity contribution in [2.45, 2.75) is 45.3 Å². The van der Waals surface area contributed by atoms with Crippen LogP contribution in [0.25, 0.3) is 0 Å². The average Bonchev–Trinajstić information content (AvgIpc) is 2.66. The van der Waals surface area contributed by atoms with Crippen LogP contribution in [0.2, 0.25) is 0 Å². The van der Waals surface area contributed by atoms with Gasteiger partial charge < -0.3 is 10.1 Å². The van der Waals surface area contributed by atoms with Gasteiger partial charge in [-0.3, -0.25) is 0 Å². The third-order valence-electron chi connectivity index (χ3n) is 3.35. The van der Waals surface area contributed by atoms with Crippen molar-refractivity contribution in [1.29, 1.82) is 0 Å². The van der Waals surface area contributed by atoms with Gasteiger partial charge in [-0.05, 0) is 31.7 Å². The Hall–Kier alpha value is -0.450. The Bertz CT molecular complexity index is 353. The molecule has 1 aliphatic rings. The van der Waals surface area contributed by atoms with Gasteiger partial charge in [0, 0.05) is 24.7 Å². The lowest BCUT2D eigenvalue weighted by atomic mass is 9.80. The number of hydrogen-bond acceptors (Lipinski definition) is 4. The summed E-state index contributed by atoms with van der Waals surface area (Å²) >= 11 is 1.79. The Morgan fingerprint density at radius 3 is 2.82 bits per heavy atom. The molecule has 0 radical (unpaired) electrons. The minimum atomic E-state index is -0.0546. The molecule has 0 aromatic carbocycles. The molecule has 2 rings (SSSR count). The number of rotatable bonds is 6. The van der Waals surface area contributed by atoms with E-state index in [1.807, 2.05) is 6.20 Å². The SMILES string of the molecule is COC1(c2ncc(CNCC(C)C)s2)CCC1. The number of ether oxygens (including phenoxy) is 1. The van der Waals surface area contributed by atoms with E-state index in [9.17, 15) is 0 Å². The van der Waals surface area contributed by atoms with Crippen molar-refractivity contribution in [2.75, 3.05) is 13.7 Å². The summed E-state index contributed by atoms with van der Waals surface area (Å²) in [5.41, 5.74) is -0.0546. The molecule has 3 nitrogen and oxygen atoms in total. The van der Waals surface area contributed by atoms with Crippen LogP contribution in [-0.2, 0) is 16.9 Å². The molecule has 0 saturated heterocycles. The molecule has 1 aromatic heterocycles. The van der Waals surface area contributed by atoms with E-state index < -0.39 is 0 Å². The third kappa shape index (κ3) is 2.87. The Labute approximate surface area is 108 Å². The van der Waals surface area contributed by atoms with Gasteiger partial charge in [-0.25, -0.2) is 4.98 Å². The first-order valence-electron chi connectivity index (χ1n) is 6.37. The number of thiazole rings is 1. The Balaban J connectivity index is 1.91. The summed E-state index contributed by atoms with van der Waals surface area (Å²) < 4.78 is 5.64. The van der Waals surface area contributed by atoms with Crippen molar-refractivity contribution in [3.8, 4) is 0 Å². The summed E-state index contributed by atoms with van der Waals surface area (Å²) in [7, 11) is 1.80. The van der Waals surface area contributed by atoms with E-state index >= 15 is 0 Å². The fraction of sp³-hybridized carbons (Fsp3) is 0.769. The van der Waals surface area contributed by atoms with Crippen molar-refractivity contribution in [3.05, 3.63) is 16.1 Å². The first kappa shape index (κ1) is 13.0. The standard InChI is InChI=1S/C13H22N2OS/c1-10(2)7-14-8-11-9-15-12(17-11)13(16-3)5-4-6-13/h9-10,14H,4-8H2,1-3H3. The quantitative estimate of drug-likeness (QED) is 0.847. The molecule has 0 spiro atoms. The van der Waals surface area contributed by atoms with Crippen molar-refractivity contribution in [1.82, 2.24) is 10.3 Å². The molecular weight excluding hydrogens is 232 g/mol. The minimum absolute atomic E-state index is 0.0546. The first-order chi connectivity index (χ1) is 8.16.